The van der Waals surface area contributed by atoms with E-state index < -0.39 is 0 Å². The highest BCUT2D eigenvalue weighted by Gasteiger charge is 2.24. The first-order valence-corrected chi connectivity index (χ1v) is 14.6. The Morgan fingerprint density at radius 2 is 1.84 bits per heavy atom. The summed E-state index contributed by atoms with van der Waals surface area (Å²) >= 11 is 1.56. The number of hydrogen-bond donors (Lipinski definition) is 2. The van der Waals surface area contributed by atoms with Crippen molar-refractivity contribution in [3.8, 4) is 0 Å². The third kappa shape index (κ3) is 5.93. The smallest absolute Gasteiger partial charge is 0.320 e. The molecule has 2 aromatic rings. The van der Waals surface area contributed by atoms with E-state index in [2.05, 4.69) is 66.9 Å². The molecule has 2 N–H and O–H groups in total. The average molecular weight is 523 g/mol. The van der Waals surface area contributed by atoms with Crippen LogP contribution >= 0.6 is 11.3 Å². The van der Waals surface area contributed by atoms with Crippen molar-refractivity contribution in [1.29, 1.82) is 0 Å². The summed E-state index contributed by atoms with van der Waals surface area (Å²) in [6.07, 6.45) is 8.25. The minimum absolute atomic E-state index is 0.253. The van der Waals surface area contributed by atoms with Crippen LogP contribution < -0.4 is 10.6 Å². The van der Waals surface area contributed by atoms with Crippen molar-refractivity contribution in [3.63, 3.8) is 0 Å². The molecule has 2 amide bonds. The Bertz CT molecular complexity index is 1200. The van der Waals surface area contributed by atoms with Gasteiger partial charge in [0.1, 0.15) is 5.00 Å². The van der Waals surface area contributed by atoms with Crippen molar-refractivity contribution in [3.05, 3.63) is 56.2 Å². The maximum atomic E-state index is 13.1. The number of nitrogens with one attached hydrogen (secondary N) is 2. The Morgan fingerprint density at radius 1 is 1.11 bits per heavy atom. The standard InChI is InChI=1S/C30H42N4O2S/c1-6-10-23-18-33(7-2)16-15-24(23)26(22(5)34-20(3)13-14-21(34)4)17-31-30(36)32-29-27(19-35)25-11-8-9-12-28(25)37-29/h13-14,19H,6-12,15-18H2,1-5H3,(H2,31,32,36)/b26-22+. The molecule has 0 bridgehead atoms. The van der Waals surface area contributed by atoms with Gasteiger partial charge in [-0.15, -0.1) is 11.3 Å². The molecule has 2 aliphatic rings. The summed E-state index contributed by atoms with van der Waals surface area (Å²) < 4.78 is 2.30. The van der Waals surface area contributed by atoms with Crippen LogP contribution in [0.25, 0.3) is 5.70 Å². The molecule has 4 rings (SSSR count). The Kier molecular flexibility index (Phi) is 9.08. The van der Waals surface area contributed by atoms with Crippen molar-refractivity contribution in [1.82, 2.24) is 14.8 Å². The number of carbonyl (C=O) groups excluding carboxylic acids is 2. The zero-order chi connectivity index (χ0) is 26.5. The summed E-state index contributed by atoms with van der Waals surface area (Å²) in [6.45, 7) is 14.4. The molecule has 37 heavy (non-hydrogen) atoms. The molecule has 0 fully saturated rings. The van der Waals surface area contributed by atoms with Gasteiger partial charge < -0.3 is 9.88 Å². The van der Waals surface area contributed by atoms with Gasteiger partial charge in [-0.3, -0.25) is 15.0 Å². The maximum Gasteiger partial charge on any atom is 0.320 e. The second-order valence-electron chi connectivity index (χ2n) is 10.3. The summed E-state index contributed by atoms with van der Waals surface area (Å²) in [4.78, 5) is 28.8. The first-order valence-electron chi connectivity index (χ1n) is 13.8. The molecule has 0 aromatic carbocycles. The molecular weight excluding hydrogens is 480 g/mol. The summed E-state index contributed by atoms with van der Waals surface area (Å²) in [5.74, 6) is 0. The molecule has 0 saturated heterocycles. The normalized spacial score (nSPS) is 16.9. The van der Waals surface area contributed by atoms with Crippen LogP contribution in [0.15, 0.2) is 28.9 Å². The van der Waals surface area contributed by atoms with Crippen molar-refractivity contribution in [2.24, 2.45) is 0 Å². The Balaban J connectivity index is 1.63. The van der Waals surface area contributed by atoms with E-state index in [1.165, 1.54) is 38.7 Å². The van der Waals surface area contributed by atoms with E-state index in [4.69, 9.17) is 0 Å². The van der Waals surface area contributed by atoms with Gasteiger partial charge in [0.2, 0.25) is 0 Å². The number of aryl methyl sites for hydroxylation is 3. The van der Waals surface area contributed by atoms with E-state index in [9.17, 15) is 9.59 Å². The fourth-order valence-electron chi connectivity index (χ4n) is 5.97. The molecule has 0 unspecified atom stereocenters. The van der Waals surface area contributed by atoms with Crippen molar-refractivity contribution < 1.29 is 9.59 Å². The number of likely N-dealkylation sites (N-methyl/N-ethyl adjacent to an activating group) is 1. The molecule has 7 heteroatoms. The fourth-order valence-corrected chi connectivity index (χ4v) is 7.22. The number of amides is 2. The summed E-state index contributed by atoms with van der Waals surface area (Å²) in [5, 5.41) is 6.84. The molecule has 1 aliphatic carbocycles. The molecular formula is C30H42N4O2S. The number of urea groups is 1. The van der Waals surface area contributed by atoms with Crippen LogP contribution in [0.2, 0.25) is 0 Å². The van der Waals surface area contributed by atoms with Gasteiger partial charge in [-0.1, -0.05) is 25.8 Å². The van der Waals surface area contributed by atoms with Crippen LogP contribution in [0.5, 0.6) is 0 Å². The number of thiophene rings is 1. The lowest BCUT2D eigenvalue weighted by atomic mass is 9.89. The quantitative estimate of drug-likeness (QED) is 0.359. The van der Waals surface area contributed by atoms with Crippen LogP contribution in [0.4, 0.5) is 9.80 Å². The van der Waals surface area contributed by atoms with E-state index in [-0.39, 0.29) is 6.03 Å². The second-order valence-corrected chi connectivity index (χ2v) is 11.5. The number of carbonyl (C=O) groups is 2. The lowest BCUT2D eigenvalue weighted by Gasteiger charge is -2.32. The highest BCUT2D eigenvalue weighted by molar-refractivity contribution is 7.16. The van der Waals surface area contributed by atoms with Crippen LogP contribution in [0.1, 0.15) is 85.1 Å². The number of allylic oxidation sites excluding steroid dienone is 1. The minimum Gasteiger partial charge on any atom is -0.334 e. The monoisotopic (exact) mass is 522 g/mol. The molecule has 6 nitrogen and oxygen atoms in total. The van der Waals surface area contributed by atoms with E-state index in [0.29, 0.717) is 17.1 Å². The molecule has 0 radical (unpaired) electrons. The highest BCUT2D eigenvalue weighted by atomic mass is 32.1. The Labute approximate surface area is 225 Å². The number of anilines is 1. The number of rotatable bonds is 9. The van der Waals surface area contributed by atoms with Crippen molar-refractivity contribution in [2.45, 2.75) is 79.6 Å². The molecule has 200 valence electrons. The zero-order valence-corrected chi connectivity index (χ0v) is 23.9. The SMILES string of the molecule is CCCC1=C(/C(CNC(=O)Nc2sc3c(c2C=O)CCCC3)=C(\C)n2c(C)ccc2C)CCN(CC)C1. The van der Waals surface area contributed by atoms with Crippen molar-refractivity contribution in [2.75, 3.05) is 31.5 Å². The minimum atomic E-state index is -0.253. The van der Waals surface area contributed by atoms with Crippen LogP contribution in [-0.4, -0.2) is 48.0 Å². The molecule has 0 saturated carbocycles. The summed E-state index contributed by atoms with van der Waals surface area (Å²) in [6, 6.07) is 4.05. The highest BCUT2D eigenvalue weighted by Crippen LogP contribution is 2.37. The second kappa shape index (κ2) is 12.3. The third-order valence-electron chi connectivity index (χ3n) is 7.91. The maximum absolute atomic E-state index is 13.1. The largest absolute Gasteiger partial charge is 0.334 e. The zero-order valence-electron chi connectivity index (χ0n) is 23.1. The van der Waals surface area contributed by atoms with Crippen LogP contribution in [0, 0.1) is 13.8 Å². The van der Waals surface area contributed by atoms with Gasteiger partial charge in [0.15, 0.2) is 6.29 Å². The Morgan fingerprint density at radius 3 is 2.51 bits per heavy atom. The number of hydrogen-bond acceptors (Lipinski definition) is 4. The van der Waals surface area contributed by atoms with Gasteiger partial charge in [-0.05, 0) is 94.7 Å². The van der Waals surface area contributed by atoms with E-state index in [0.717, 1.165) is 76.4 Å². The van der Waals surface area contributed by atoms with Gasteiger partial charge in [-0.25, -0.2) is 4.79 Å². The first kappa shape index (κ1) is 27.4. The van der Waals surface area contributed by atoms with Crippen LogP contribution in [-0.2, 0) is 12.8 Å². The van der Waals surface area contributed by atoms with Gasteiger partial charge in [0.05, 0.1) is 5.56 Å². The number of nitrogens with zero attached hydrogens (tertiary/aromatic N) is 2. The van der Waals surface area contributed by atoms with Gasteiger partial charge in [0.25, 0.3) is 0 Å². The van der Waals surface area contributed by atoms with Crippen LogP contribution in [0.3, 0.4) is 0 Å². The summed E-state index contributed by atoms with van der Waals surface area (Å²) in [5.41, 5.74) is 9.46. The fraction of sp³-hybridized carbons (Fsp3) is 0.533. The number of aromatic nitrogens is 1. The van der Waals surface area contributed by atoms with E-state index in [1.807, 2.05) is 0 Å². The molecule has 3 heterocycles. The average Bonchev–Trinajstić information content (AvgIpc) is 3.42. The number of aldehydes is 1. The molecule has 0 spiro atoms. The van der Waals surface area contributed by atoms with Gasteiger partial charge >= 0.3 is 6.03 Å². The van der Waals surface area contributed by atoms with Gasteiger partial charge in [0, 0.05) is 41.6 Å². The topological polar surface area (TPSA) is 66.4 Å². The third-order valence-corrected chi connectivity index (χ3v) is 9.13. The first-order chi connectivity index (χ1) is 17.9. The lowest BCUT2D eigenvalue weighted by molar-refractivity contribution is 0.112. The van der Waals surface area contributed by atoms with E-state index in [1.54, 1.807) is 11.3 Å². The molecule has 2 aromatic heterocycles. The molecule has 0 atom stereocenters. The number of fused-ring (bicyclic) bond motifs is 1. The van der Waals surface area contributed by atoms with E-state index >= 15 is 0 Å². The predicted octanol–water partition coefficient (Wildman–Crippen LogP) is 6.73. The predicted molar refractivity (Wildman–Crippen MR) is 155 cm³/mol. The van der Waals surface area contributed by atoms with Gasteiger partial charge in [-0.2, -0.15) is 0 Å². The summed E-state index contributed by atoms with van der Waals surface area (Å²) in [7, 11) is 0. The Hall–Kier alpha value is -2.64. The van der Waals surface area contributed by atoms with Crippen molar-refractivity contribution >= 4 is 34.4 Å². The lowest BCUT2D eigenvalue weighted by Crippen LogP contribution is -2.35. The molecule has 1 aliphatic heterocycles.